The third-order valence-corrected chi connectivity index (χ3v) is 1.48. The Bertz CT molecular complexity index is 192. The van der Waals surface area contributed by atoms with E-state index in [4.69, 9.17) is 0 Å². The molecule has 1 N–H and O–H groups in total. The van der Waals surface area contributed by atoms with Crippen molar-refractivity contribution < 1.29 is 4.79 Å². The lowest BCUT2D eigenvalue weighted by Gasteiger charge is -2.12. The van der Waals surface area contributed by atoms with E-state index in [2.05, 4.69) is 31.1 Å². The van der Waals surface area contributed by atoms with Crippen LogP contribution < -0.4 is 5.32 Å². The molecule has 76 valence electrons. The first-order valence-corrected chi connectivity index (χ1v) is 4.60. The molecule has 0 spiro atoms. The summed E-state index contributed by atoms with van der Waals surface area (Å²) in [4.78, 5) is 15.3. The zero-order valence-corrected chi connectivity index (χ0v) is 9.22. The highest BCUT2D eigenvalue weighted by Crippen LogP contribution is 2.09. The quantitative estimate of drug-likeness (QED) is 0.665. The van der Waals surface area contributed by atoms with Crippen LogP contribution in [0.2, 0.25) is 0 Å². The average Bonchev–Trinajstić information content (AvgIpc) is 1.99. The van der Waals surface area contributed by atoms with Crippen molar-refractivity contribution in [2.24, 2.45) is 10.4 Å². The summed E-state index contributed by atoms with van der Waals surface area (Å²) in [6.45, 7) is 8.20. The maximum Gasteiger partial charge on any atom is 0.221 e. The van der Waals surface area contributed by atoms with Crippen molar-refractivity contribution in [3.63, 3.8) is 0 Å². The van der Waals surface area contributed by atoms with E-state index < -0.39 is 0 Å². The maximum atomic E-state index is 11.0. The molecule has 1 atom stereocenters. The number of aliphatic imine (C=N–C) groups is 1. The molecule has 0 aliphatic carbocycles. The van der Waals surface area contributed by atoms with Gasteiger partial charge in [-0.25, -0.2) is 0 Å². The summed E-state index contributed by atoms with van der Waals surface area (Å²) in [6, 6.07) is 0.0687. The molecule has 0 heterocycles. The predicted octanol–water partition coefficient (Wildman–Crippen LogP) is 1.63. The highest BCUT2D eigenvalue weighted by molar-refractivity contribution is 5.76. The van der Waals surface area contributed by atoms with Gasteiger partial charge in [-0.2, -0.15) is 0 Å². The van der Waals surface area contributed by atoms with E-state index >= 15 is 0 Å². The summed E-state index contributed by atoms with van der Waals surface area (Å²) in [7, 11) is 1.64. The Kier molecular flexibility index (Phi) is 4.67. The molecule has 3 nitrogen and oxygen atoms in total. The second-order valence-electron chi connectivity index (χ2n) is 4.37. The topological polar surface area (TPSA) is 41.5 Å². The number of rotatable bonds is 3. The number of amides is 1. The third kappa shape index (κ3) is 7.50. The fourth-order valence-electron chi connectivity index (χ4n) is 0.774. The SMILES string of the molecule is CNC(=O)C[C@H](C)N=CC(C)(C)C. The molecule has 0 aliphatic heterocycles. The Morgan fingerprint density at radius 1 is 1.54 bits per heavy atom. The minimum absolute atomic E-state index is 0.0403. The number of nitrogens with one attached hydrogen (secondary N) is 1. The first kappa shape index (κ1) is 12.1. The molecule has 0 aromatic heterocycles. The molecule has 0 saturated heterocycles. The standard InChI is InChI=1S/C10H20N2O/c1-8(6-9(13)11-5)12-7-10(2,3)4/h7-8H,6H2,1-5H3,(H,11,13)/t8-/m0/s1. The van der Waals surface area contributed by atoms with Crippen LogP contribution in [0.25, 0.3) is 0 Å². The monoisotopic (exact) mass is 184 g/mol. The lowest BCUT2D eigenvalue weighted by molar-refractivity contribution is -0.120. The second kappa shape index (κ2) is 5.00. The van der Waals surface area contributed by atoms with Crippen LogP contribution in [-0.2, 0) is 4.79 Å². The van der Waals surface area contributed by atoms with Gasteiger partial charge in [-0.05, 0) is 12.3 Å². The minimum Gasteiger partial charge on any atom is -0.359 e. The van der Waals surface area contributed by atoms with Gasteiger partial charge in [0.05, 0.1) is 6.04 Å². The van der Waals surface area contributed by atoms with Crippen LogP contribution in [0.5, 0.6) is 0 Å². The maximum absolute atomic E-state index is 11.0. The van der Waals surface area contributed by atoms with Crippen LogP contribution in [-0.4, -0.2) is 25.2 Å². The molecule has 0 unspecified atom stereocenters. The molecule has 0 fully saturated rings. The van der Waals surface area contributed by atoms with Crippen molar-refractivity contribution in [1.82, 2.24) is 5.32 Å². The van der Waals surface area contributed by atoms with E-state index in [9.17, 15) is 4.79 Å². The minimum atomic E-state index is 0.0403. The zero-order valence-electron chi connectivity index (χ0n) is 9.22. The first-order valence-electron chi connectivity index (χ1n) is 4.60. The zero-order chi connectivity index (χ0) is 10.5. The summed E-state index contributed by atoms with van der Waals surface area (Å²) in [5, 5.41) is 2.58. The third-order valence-electron chi connectivity index (χ3n) is 1.48. The summed E-state index contributed by atoms with van der Waals surface area (Å²) in [6.07, 6.45) is 2.36. The molecule has 1 amide bonds. The molecule has 0 aliphatic rings. The largest absolute Gasteiger partial charge is 0.359 e. The predicted molar refractivity (Wildman–Crippen MR) is 56.1 cm³/mol. The van der Waals surface area contributed by atoms with Gasteiger partial charge in [-0.3, -0.25) is 9.79 Å². The molecule has 3 heteroatoms. The summed E-state index contributed by atoms with van der Waals surface area (Å²) in [5.41, 5.74) is 0.0942. The number of hydrogen-bond donors (Lipinski definition) is 1. The van der Waals surface area contributed by atoms with Crippen molar-refractivity contribution in [3.8, 4) is 0 Å². The van der Waals surface area contributed by atoms with E-state index in [0.29, 0.717) is 6.42 Å². The van der Waals surface area contributed by atoms with Crippen molar-refractivity contribution in [2.75, 3.05) is 7.05 Å². The fraction of sp³-hybridized carbons (Fsp3) is 0.800. The van der Waals surface area contributed by atoms with Crippen molar-refractivity contribution in [2.45, 2.75) is 40.2 Å². The average molecular weight is 184 g/mol. The van der Waals surface area contributed by atoms with Gasteiger partial charge in [0, 0.05) is 19.7 Å². The second-order valence-corrected chi connectivity index (χ2v) is 4.37. The van der Waals surface area contributed by atoms with Crippen LogP contribution >= 0.6 is 0 Å². The van der Waals surface area contributed by atoms with Crippen molar-refractivity contribution in [1.29, 1.82) is 0 Å². The van der Waals surface area contributed by atoms with E-state index in [0.717, 1.165) is 0 Å². The number of hydrogen-bond acceptors (Lipinski definition) is 2. The number of carbonyl (C=O) groups excluding carboxylic acids is 1. The smallest absolute Gasteiger partial charge is 0.221 e. The normalized spacial score (nSPS) is 14.5. The van der Waals surface area contributed by atoms with Gasteiger partial charge in [0.2, 0.25) is 5.91 Å². The summed E-state index contributed by atoms with van der Waals surface area (Å²) >= 11 is 0. The van der Waals surface area contributed by atoms with Crippen LogP contribution in [0.1, 0.15) is 34.1 Å². The molecule has 0 aromatic carbocycles. The van der Waals surface area contributed by atoms with Crippen molar-refractivity contribution in [3.05, 3.63) is 0 Å². The first-order chi connectivity index (χ1) is 5.85. The van der Waals surface area contributed by atoms with E-state index in [-0.39, 0.29) is 17.4 Å². The van der Waals surface area contributed by atoms with Crippen LogP contribution in [0.4, 0.5) is 0 Å². The fourth-order valence-corrected chi connectivity index (χ4v) is 0.774. The van der Waals surface area contributed by atoms with E-state index in [1.807, 2.05) is 13.1 Å². The highest BCUT2D eigenvalue weighted by atomic mass is 16.1. The highest BCUT2D eigenvalue weighted by Gasteiger charge is 2.08. The van der Waals surface area contributed by atoms with Crippen LogP contribution in [0.15, 0.2) is 4.99 Å². The Labute approximate surface area is 80.6 Å². The molecule has 0 radical (unpaired) electrons. The van der Waals surface area contributed by atoms with E-state index in [1.54, 1.807) is 7.05 Å². The van der Waals surface area contributed by atoms with Gasteiger partial charge in [0.15, 0.2) is 0 Å². The Hall–Kier alpha value is -0.860. The molecule has 13 heavy (non-hydrogen) atoms. The summed E-state index contributed by atoms with van der Waals surface area (Å²) in [5.74, 6) is 0.0403. The van der Waals surface area contributed by atoms with Gasteiger partial charge < -0.3 is 5.32 Å². The molecule has 0 aromatic rings. The van der Waals surface area contributed by atoms with Gasteiger partial charge >= 0.3 is 0 Å². The molecule has 0 saturated carbocycles. The van der Waals surface area contributed by atoms with Crippen molar-refractivity contribution >= 4 is 12.1 Å². The molecule has 0 bridgehead atoms. The lowest BCUT2D eigenvalue weighted by atomic mass is 9.99. The summed E-state index contributed by atoms with van der Waals surface area (Å²) < 4.78 is 0. The van der Waals surface area contributed by atoms with E-state index in [1.165, 1.54) is 0 Å². The number of nitrogens with zero attached hydrogens (tertiary/aromatic N) is 1. The van der Waals surface area contributed by atoms with Crippen LogP contribution in [0, 0.1) is 5.41 Å². The Morgan fingerprint density at radius 2 is 2.08 bits per heavy atom. The van der Waals surface area contributed by atoms with Gasteiger partial charge in [0.1, 0.15) is 0 Å². The lowest BCUT2D eigenvalue weighted by Crippen LogP contribution is -2.22. The van der Waals surface area contributed by atoms with Crippen LogP contribution in [0.3, 0.4) is 0 Å². The Morgan fingerprint density at radius 3 is 2.46 bits per heavy atom. The van der Waals surface area contributed by atoms with Gasteiger partial charge in [0.25, 0.3) is 0 Å². The molecular formula is C10H20N2O. The van der Waals surface area contributed by atoms with Gasteiger partial charge in [-0.1, -0.05) is 20.8 Å². The number of carbonyl (C=O) groups is 1. The Balaban J connectivity index is 3.94. The molecule has 0 rings (SSSR count). The molecular weight excluding hydrogens is 164 g/mol. The van der Waals surface area contributed by atoms with Gasteiger partial charge in [-0.15, -0.1) is 0 Å².